The number of nitrogens with one attached hydrogen (secondary N) is 2. The number of rotatable bonds is 6. The van der Waals surface area contributed by atoms with Gasteiger partial charge in [-0.15, -0.1) is 0 Å². The molecule has 0 fully saturated rings. The first-order chi connectivity index (χ1) is 19.0. The third-order valence-electron chi connectivity index (χ3n) is 6.71. The average molecular weight is 535 g/mol. The number of hydrogen-bond acceptors (Lipinski definition) is 5. The number of carbonyl (C=O) groups excluding carboxylic acids is 1. The highest BCUT2D eigenvalue weighted by molar-refractivity contribution is 7.07. The van der Waals surface area contributed by atoms with E-state index in [-0.39, 0.29) is 11.5 Å². The summed E-state index contributed by atoms with van der Waals surface area (Å²) in [6.45, 7) is 4.29. The summed E-state index contributed by atoms with van der Waals surface area (Å²) < 4.78 is 7.81. The van der Waals surface area contributed by atoms with E-state index in [1.54, 1.807) is 4.57 Å². The standard InChI is InChI=1S/C31H26N4O3S/c1-3-38-23-15-13-20(14-16-23)28-27(29(36)34-22-9-5-4-6-10-22)19(2)33-31-35(28)30(37)26(39-31)17-21-18-32-25-12-8-7-11-24(21)25/h4-18,28,32H,3H2,1-2H3,(H,34,36)/b26-17-/t28-/m0/s1. The molecule has 7 nitrogen and oxygen atoms in total. The van der Waals surface area contributed by atoms with Crippen molar-refractivity contribution in [3.05, 3.63) is 127 Å². The lowest BCUT2D eigenvalue weighted by molar-refractivity contribution is -0.113. The first-order valence-electron chi connectivity index (χ1n) is 12.7. The highest BCUT2D eigenvalue weighted by Gasteiger charge is 2.32. The minimum Gasteiger partial charge on any atom is -0.494 e. The van der Waals surface area contributed by atoms with Crippen molar-refractivity contribution in [2.75, 3.05) is 11.9 Å². The number of fused-ring (bicyclic) bond motifs is 2. The Labute approximate surface area is 228 Å². The van der Waals surface area contributed by atoms with Gasteiger partial charge >= 0.3 is 0 Å². The molecule has 0 radical (unpaired) electrons. The Morgan fingerprint density at radius 1 is 1.08 bits per heavy atom. The van der Waals surface area contributed by atoms with Crippen molar-refractivity contribution >= 4 is 39.9 Å². The number of carbonyl (C=O) groups is 1. The van der Waals surface area contributed by atoms with Gasteiger partial charge in [-0.25, -0.2) is 4.99 Å². The fourth-order valence-corrected chi connectivity index (χ4v) is 5.95. The average Bonchev–Trinajstić information content (AvgIpc) is 3.49. The van der Waals surface area contributed by atoms with Crippen molar-refractivity contribution < 1.29 is 9.53 Å². The number of amides is 1. The first-order valence-corrected chi connectivity index (χ1v) is 13.5. The zero-order chi connectivity index (χ0) is 26.9. The molecule has 8 heteroatoms. The van der Waals surface area contributed by atoms with Crippen molar-refractivity contribution in [1.29, 1.82) is 0 Å². The predicted molar refractivity (Wildman–Crippen MR) is 155 cm³/mol. The lowest BCUT2D eigenvalue weighted by Gasteiger charge is -2.25. The normalized spacial score (nSPS) is 15.2. The quantitative estimate of drug-likeness (QED) is 0.329. The van der Waals surface area contributed by atoms with Crippen LogP contribution in [-0.4, -0.2) is 22.1 Å². The van der Waals surface area contributed by atoms with Gasteiger partial charge in [0.15, 0.2) is 4.80 Å². The summed E-state index contributed by atoms with van der Waals surface area (Å²) in [6, 6.07) is 24.1. The molecular weight excluding hydrogens is 508 g/mol. The number of thiazole rings is 1. The topological polar surface area (TPSA) is 88.5 Å². The molecule has 6 rings (SSSR count). The molecule has 2 aromatic heterocycles. The van der Waals surface area contributed by atoms with Crippen LogP contribution in [0.4, 0.5) is 5.69 Å². The van der Waals surface area contributed by atoms with Gasteiger partial charge in [0.1, 0.15) is 5.75 Å². The molecule has 0 aliphatic carbocycles. The molecule has 0 spiro atoms. The van der Waals surface area contributed by atoms with Crippen LogP contribution in [0, 0.1) is 0 Å². The second-order valence-electron chi connectivity index (χ2n) is 9.19. The van der Waals surface area contributed by atoms with Crippen LogP contribution in [0.3, 0.4) is 0 Å². The molecule has 3 heterocycles. The van der Waals surface area contributed by atoms with Gasteiger partial charge in [0, 0.05) is 28.4 Å². The van der Waals surface area contributed by atoms with Crippen molar-refractivity contribution in [3.63, 3.8) is 0 Å². The van der Waals surface area contributed by atoms with E-state index in [9.17, 15) is 9.59 Å². The van der Waals surface area contributed by atoms with Crippen molar-refractivity contribution in [3.8, 4) is 5.75 Å². The summed E-state index contributed by atoms with van der Waals surface area (Å²) in [5, 5.41) is 4.01. The number of para-hydroxylation sites is 2. The first kappa shape index (κ1) is 24.6. The Kier molecular flexibility index (Phi) is 6.46. The Morgan fingerprint density at radius 2 is 1.82 bits per heavy atom. The Bertz CT molecular complexity index is 1900. The zero-order valence-corrected chi connectivity index (χ0v) is 22.3. The van der Waals surface area contributed by atoms with Gasteiger partial charge in [-0.05, 0) is 55.8 Å². The summed E-state index contributed by atoms with van der Waals surface area (Å²) in [5.74, 6) is 0.427. The third kappa shape index (κ3) is 4.59. The molecule has 194 valence electrons. The highest BCUT2D eigenvalue weighted by atomic mass is 32.1. The molecule has 3 aromatic carbocycles. The molecule has 0 bridgehead atoms. The maximum absolute atomic E-state index is 14.0. The van der Waals surface area contributed by atoms with Gasteiger partial charge < -0.3 is 15.0 Å². The number of H-pyrrole nitrogens is 1. The van der Waals surface area contributed by atoms with Gasteiger partial charge in [-0.1, -0.05) is 59.9 Å². The van der Waals surface area contributed by atoms with Crippen molar-refractivity contribution in [1.82, 2.24) is 9.55 Å². The fourth-order valence-electron chi connectivity index (χ4n) is 4.91. The van der Waals surface area contributed by atoms with E-state index < -0.39 is 6.04 Å². The van der Waals surface area contributed by atoms with E-state index in [4.69, 9.17) is 9.73 Å². The zero-order valence-electron chi connectivity index (χ0n) is 21.5. The number of aromatic nitrogens is 2. The summed E-state index contributed by atoms with van der Waals surface area (Å²) in [6.07, 6.45) is 3.79. The molecule has 5 aromatic rings. The predicted octanol–water partition coefficient (Wildman–Crippen LogP) is 4.75. The molecule has 39 heavy (non-hydrogen) atoms. The number of aromatic amines is 1. The largest absolute Gasteiger partial charge is 0.494 e. The molecular formula is C31H26N4O3S. The van der Waals surface area contributed by atoms with Crippen LogP contribution >= 0.6 is 11.3 Å². The summed E-state index contributed by atoms with van der Waals surface area (Å²) in [7, 11) is 0. The number of hydrogen-bond donors (Lipinski definition) is 2. The van der Waals surface area contributed by atoms with Crippen LogP contribution in [-0.2, 0) is 4.79 Å². The number of allylic oxidation sites excluding steroid dienone is 1. The number of benzene rings is 3. The molecule has 2 N–H and O–H groups in total. The van der Waals surface area contributed by atoms with Crippen LogP contribution in [0.5, 0.6) is 5.75 Å². The van der Waals surface area contributed by atoms with E-state index in [2.05, 4.69) is 10.3 Å². The molecule has 1 aliphatic rings. The van der Waals surface area contributed by atoms with Crippen molar-refractivity contribution in [2.24, 2.45) is 4.99 Å². The smallest absolute Gasteiger partial charge is 0.271 e. The Balaban J connectivity index is 1.51. The Morgan fingerprint density at radius 3 is 2.59 bits per heavy atom. The third-order valence-corrected chi connectivity index (χ3v) is 7.70. The van der Waals surface area contributed by atoms with E-state index in [1.165, 1.54) is 11.3 Å². The summed E-state index contributed by atoms with van der Waals surface area (Å²) in [5.41, 5.74) is 4.19. The Hall–Kier alpha value is -4.69. The lowest BCUT2D eigenvalue weighted by atomic mass is 9.95. The van der Waals surface area contributed by atoms with Crippen LogP contribution < -0.4 is 24.9 Å². The fraction of sp³-hybridized carbons (Fsp3) is 0.129. The van der Waals surface area contributed by atoms with E-state index in [1.807, 2.05) is 105 Å². The molecule has 1 aliphatic heterocycles. The lowest BCUT2D eigenvalue weighted by Crippen LogP contribution is -2.40. The second-order valence-corrected chi connectivity index (χ2v) is 10.2. The van der Waals surface area contributed by atoms with Crippen LogP contribution in [0.2, 0.25) is 0 Å². The van der Waals surface area contributed by atoms with Crippen LogP contribution in [0.25, 0.3) is 17.0 Å². The van der Waals surface area contributed by atoms with E-state index >= 15 is 0 Å². The molecule has 0 saturated heterocycles. The van der Waals surface area contributed by atoms with Gasteiger partial charge in [-0.2, -0.15) is 0 Å². The SMILES string of the molecule is CCOc1ccc([C@H]2C(C(=O)Nc3ccccc3)=C(C)N=c3s/c(=C\c4c[nH]c5ccccc45)c(=O)n32)cc1. The molecule has 1 amide bonds. The molecule has 0 saturated carbocycles. The number of nitrogens with zero attached hydrogens (tertiary/aromatic N) is 2. The van der Waals surface area contributed by atoms with Gasteiger partial charge in [0.05, 0.1) is 28.5 Å². The highest BCUT2D eigenvalue weighted by Crippen LogP contribution is 2.32. The monoisotopic (exact) mass is 534 g/mol. The summed E-state index contributed by atoms with van der Waals surface area (Å²) in [4.78, 5) is 36.2. The molecule has 1 atom stereocenters. The van der Waals surface area contributed by atoms with Crippen LogP contribution in [0.1, 0.15) is 31.0 Å². The van der Waals surface area contributed by atoms with Gasteiger partial charge in [0.2, 0.25) is 0 Å². The molecule has 0 unspecified atom stereocenters. The maximum atomic E-state index is 14.0. The van der Waals surface area contributed by atoms with Crippen molar-refractivity contribution in [2.45, 2.75) is 19.9 Å². The minimum absolute atomic E-state index is 0.194. The number of anilines is 1. The van der Waals surface area contributed by atoms with E-state index in [0.29, 0.717) is 32.9 Å². The van der Waals surface area contributed by atoms with Gasteiger partial charge in [-0.3, -0.25) is 14.2 Å². The maximum Gasteiger partial charge on any atom is 0.271 e. The summed E-state index contributed by atoms with van der Waals surface area (Å²) >= 11 is 1.32. The van der Waals surface area contributed by atoms with E-state index in [0.717, 1.165) is 27.8 Å². The minimum atomic E-state index is -0.647. The van der Waals surface area contributed by atoms with Gasteiger partial charge in [0.25, 0.3) is 11.5 Å². The van der Waals surface area contributed by atoms with Crippen LogP contribution in [0.15, 0.2) is 106 Å². The number of ether oxygens (including phenoxy) is 1. The second kappa shape index (κ2) is 10.2.